The van der Waals surface area contributed by atoms with Gasteiger partial charge in [0.1, 0.15) is 11.2 Å². The van der Waals surface area contributed by atoms with Crippen molar-refractivity contribution in [3.8, 4) is 56.4 Å². The molecule has 0 N–H and O–H groups in total. The monoisotopic (exact) mass is 657 g/mol. The molecule has 0 saturated heterocycles. The van der Waals surface area contributed by atoms with E-state index in [-0.39, 0.29) is 0 Å². The maximum Gasteiger partial charge on any atom is 0.167 e. The number of hydrogen-bond donors (Lipinski definition) is 0. The van der Waals surface area contributed by atoms with Crippen LogP contribution in [0.1, 0.15) is 0 Å². The second-order valence-electron chi connectivity index (χ2n) is 12.4. The van der Waals surface area contributed by atoms with Crippen molar-refractivity contribution in [3.05, 3.63) is 164 Å². The third kappa shape index (κ3) is 4.79. The van der Waals surface area contributed by atoms with Crippen LogP contribution in [-0.4, -0.2) is 15.0 Å². The van der Waals surface area contributed by atoms with Gasteiger partial charge in [-0.15, -0.1) is 11.3 Å². The van der Waals surface area contributed by atoms with Gasteiger partial charge in [-0.2, -0.15) is 0 Å². The molecule has 0 aliphatic rings. The van der Waals surface area contributed by atoms with Gasteiger partial charge in [0.25, 0.3) is 0 Å². The van der Waals surface area contributed by atoms with Crippen molar-refractivity contribution in [2.45, 2.75) is 0 Å². The van der Waals surface area contributed by atoms with Crippen LogP contribution in [0.3, 0.4) is 0 Å². The minimum absolute atomic E-state index is 0.581. The first-order valence-electron chi connectivity index (χ1n) is 16.6. The molecule has 0 unspecified atom stereocenters. The van der Waals surface area contributed by atoms with E-state index < -0.39 is 0 Å². The van der Waals surface area contributed by atoms with Gasteiger partial charge in [-0.1, -0.05) is 140 Å². The van der Waals surface area contributed by atoms with Crippen molar-refractivity contribution >= 4 is 53.4 Å². The van der Waals surface area contributed by atoms with Crippen LogP contribution < -0.4 is 0 Å². The average molecular weight is 658 g/mol. The average Bonchev–Trinajstić information content (AvgIpc) is 3.77. The Morgan fingerprint density at radius 3 is 1.72 bits per heavy atom. The molecule has 0 aliphatic carbocycles. The van der Waals surface area contributed by atoms with Crippen LogP contribution in [0, 0.1) is 0 Å². The molecule has 10 aromatic rings. The SMILES string of the molecule is c1ccc(-c2ccc(-c3ccc4c(c3)sc3c(-c5nc(-c6ccccc6)nc(-c6cccc7c6oc6ccccc67)n5)cccc34)cc2)cc1. The smallest absolute Gasteiger partial charge is 0.167 e. The minimum Gasteiger partial charge on any atom is -0.455 e. The van der Waals surface area contributed by atoms with Crippen molar-refractivity contribution < 1.29 is 4.42 Å². The van der Waals surface area contributed by atoms with E-state index in [4.69, 9.17) is 19.4 Å². The fourth-order valence-corrected chi connectivity index (χ4v) is 8.15. The summed E-state index contributed by atoms with van der Waals surface area (Å²) in [4.78, 5) is 15.3. The standard InChI is InChI=1S/C45H27N3OS/c1-3-11-28(12-4-1)29-21-23-30(24-22-29)32-25-26-34-36-17-10-19-38(42(36)50-40(34)27-32)45-47-43(31-13-5-2-6-14-31)46-44(48-45)37-18-9-16-35-33-15-7-8-20-39(33)49-41(35)37/h1-27H. The first-order valence-corrected chi connectivity index (χ1v) is 17.4. The molecule has 3 aromatic heterocycles. The summed E-state index contributed by atoms with van der Waals surface area (Å²) in [5.41, 5.74) is 9.18. The molecule has 234 valence electrons. The van der Waals surface area contributed by atoms with Crippen LogP contribution in [-0.2, 0) is 0 Å². The lowest BCUT2D eigenvalue weighted by atomic mass is 9.99. The number of hydrogen-bond acceptors (Lipinski definition) is 5. The van der Waals surface area contributed by atoms with Gasteiger partial charge >= 0.3 is 0 Å². The van der Waals surface area contributed by atoms with Crippen LogP contribution in [0.2, 0.25) is 0 Å². The zero-order chi connectivity index (χ0) is 33.0. The van der Waals surface area contributed by atoms with Gasteiger partial charge in [-0.05, 0) is 46.5 Å². The quantitative estimate of drug-likeness (QED) is 0.185. The molecule has 0 radical (unpaired) electrons. The number of furan rings is 1. The van der Waals surface area contributed by atoms with Gasteiger partial charge in [0.2, 0.25) is 0 Å². The third-order valence-electron chi connectivity index (χ3n) is 9.38. The lowest BCUT2D eigenvalue weighted by Crippen LogP contribution is -2.00. The molecule has 50 heavy (non-hydrogen) atoms. The maximum atomic E-state index is 6.42. The van der Waals surface area contributed by atoms with Gasteiger partial charge < -0.3 is 4.42 Å². The van der Waals surface area contributed by atoms with Gasteiger partial charge in [0.15, 0.2) is 17.5 Å². The molecule has 7 aromatic carbocycles. The summed E-state index contributed by atoms with van der Waals surface area (Å²) in [6.45, 7) is 0. The molecule has 5 heteroatoms. The lowest BCUT2D eigenvalue weighted by molar-refractivity contribution is 0.669. The number of thiophene rings is 1. The van der Waals surface area contributed by atoms with Crippen LogP contribution in [0.5, 0.6) is 0 Å². The Hall–Kier alpha value is -6.43. The summed E-state index contributed by atoms with van der Waals surface area (Å²) >= 11 is 1.78. The molecule has 3 heterocycles. The molecular formula is C45H27N3OS. The lowest BCUT2D eigenvalue weighted by Gasteiger charge is -2.09. The largest absolute Gasteiger partial charge is 0.455 e. The van der Waals surface area contributed by atoms with E-state index in [1.807, 2.05) is 66.7 Å². The van der Waals surface area contributed by atoms with Crippen molar-refractivity contribution in [3.63, 3.8) is 0 Å². The van der Waals surface area contributed by atoms with Gasteiger partial charge in [-0.3, -0.25) is 0 Å². The third-order valence-corrected chi connectivity index (χ3v) is 10.6. The van der Waals surface area contributed by atoms with E-state index in [9.17, 15) is 0 Å². The Labute approximate surface area is 292 Å². The normalized spacial score (nSPS) is 11.6. The van der Waals surface area contributed by atoms with Gasteiger partial charge in [0, 0.05) is 42.1 Å². The molecule has 0 atom stereocenters. The second kappa shape index (κ2) is 11.6. The van der Waals surface area contributed by atoms with E-state index in [2.05, 4.69) is 97.1 Å². The van der Waals surface area contributed by atoms with E-state index >= 15 is 0 Å². The van der Waals surface area contributed by atoms with E-state index in [0.717, 1.165) is 43.3 Å². The highest BCUT2D eigenvalue weighted by atomic mass is 32.1. The highest BCUT2D eigenvalue weighted by Gasteiger charge is 2.19. The molecule has 0 spiro atoms. The van der Waals surface area contributed by atoms with Crippen LogP contribution in [0.15, 0.2) is 168 Å². The van der Waals surface area contributed by atoms with E-state index in [0.29, 0.717) is 17.5 Å². The Kier molecular flexibility index (Phi) is 6.64. The molecule has 10 rings (SSSR count). The Bertz CT molecular complexity index is 2860. The zero-order valence-electron chi connectivity index (χ0n) is 26.7. The Balaban J connectivity index is 1.12. The zero-order valence-corrected chi connectivity index (χ0v) is 27.6. The first kappa shape index (κ1) is 28.6. The molecular weight excluding hydrogens is 631 g/mol. The molecule has 0 aliphatic heterocycles. The number of fused-ring (bicyclic) bond motifs is 6. The summed E-state index contributed by atoms with van der Waals surface area (Å²) in [6.07, 6.45) is 0. The van der Waals surface area contributed by atoms with Crippen molar-refractivity contribution in [1.29, 1.82) is 0 Å². The Morgan fingerprint density at radius 2 is 0.940 bits per heavy atom. The topological polar surface area (TPSA) is 51.8 Å². The van der Waals surface area contributed by atoms with Crippen LogP contribution in [0.25, 0.3) is 98.5 Å². The first-order chi connectivity index (χ1) is 24.8. The summed E-state index contributed by atoms with van der Waals surface area (Å²) in [5.74, 6) is 1.84. The number of aromatic nitrogens is 3. The number of rotatable bonds is 5. The molecule has 4 nitrogen and oxygen atoms in total. The van der Waals surface area contributed by atoms with Gasteiger partial charge in [-0.25, -0.2) is 15.0 Å². The van der Waals surface area contributed by atoms with E-state index in [1.54, 1.807) is 11.3 Å². The summed E-state index contributed by atoms with van der Waals surface area (Å²) < 4.78 is 8.79. The van der Waals surface area contributed by atoms with Crippen LogP contribution in [0.4, 0.5) is 0 Å². The molecule has 0 fully saturated rings. The summed E-state index contributed by atoms with van der Waals surface area (Å²) in [6, 6.07) is 56.9. The maximum absolute atomic E-state index is 6.42. The highest BCUT2D eigenvalue weighted by molar-refractivity contribution is 7.26. The predicted molar refractivity (Wildman–Crippen MR) is 207 cm³/mol. The minimum atomic E-state index is 0.581. The summed E-state index contributed by atoms with van der Waals surface area (Å²) in [5, 5.41) is 4.53. The second-order valence-corrected chi connectivity index (χ2v) is 13.4. The number of benzene rings is 7. The predicted octanol–water partition coefficient (Wildman–Crippen LogP) is 12.5. The summed E-state index contributed by atoms with van der Waals surface area (Å²) in [7, 11) is 0. The fraction of sp³-hybridized carbons (Fsp3) is 0. The van der Waals surface area contributed by atoms with Crippen molar-refractivity contribution in [2.75, 3.05) is 0 Å². The highest BCUT2D eigenvalue weighted by Crippen LogP contribution is 2.42. The molecule has 0 amide bonds. The molecule has 0 bridgehead atoms. The van der Waals surface area contributed by atoms with Gasteiger partial charge in [0.05, 0.1) is 5.56 Å². The number of para-hydroxylation sites is 2. The van der Waals surface area contributed by atoms with Crippen molar-refractivity contribution in [1.82, 2.24) is 15.0 Å². The fourth-order valence-electron chi connectivity index (χ4n) is 6.90. The Morgan fingerprint density at radius 1 is 0.380 bits per heavy atom. The number of nitrogens with zero attached hydrogens (tertiary/aromatic N) is 3. The van der Waals surface area contributed by atoms with Crippen LogP contribution >= 0.6 is 11.3 Å². The van der Waals surface area contributed by atoms with E-state index in [1.165, 1.54) is 37.7 Å². The molecule has 0 saturated carbocycles. The van der Waals surface area contributed by atoms with Crippen molar-refractivity contribution in [2.24, 2.45) is 0 Å².